The standard InChI is InChI=1S/C29H22F3NOPS/c1-36-28-27(33-26(34-28)21-17-19-22(20-18-21)29(30,31)32)35(23-11-5-2-6-12-23,24-13-7-3-8-14-24)25-15-9-4-10-16-25/h2-20H,1H3/q+1. The summed E-state index contributed by atoms with van der Waals surface area (Å²) in [5.74, 6) is 0.301. The lowest BCUT2D eigenvalue weighted by atomic mass is 10.1. The third-order valence-electron chi connectivity index (χ3n) is 5.97. The van der Waals surface area contributed by atoms with E-state index in [4.69, 9.17) is 9.40 Å². The van der Waals surface area contributed by atoms with Gasteiger partial charge in [0.25, 0.3) is 5.44 Å². The molecule has 0 aliphatic carbocycles. The molecule has 7 heteroatoms. The van der Waals surface area contributed by atoms with Crippen molar-refractivity contribution in [3.8, 4) is 11.5 Å². The molecule has 1 heterocycles. The van der Waals surface area contributed by atoms with E-state index >= 15 is 0 Å². The summed E-state index contributed by atoms with van der Waals surface area (Å²) in [7, 11) is -2.50. The molecule has 0 unspecified atom stereocenters. The van der Waals surface area contributed by atoms with Crippen LogP contribution in [0.5, 0.6) is 0 Å². The topological polar surface area (TPSA) is 26.0 Å². The summed E-state index contributed by atoms with van der Waals surface area (Å²) in [6.07, 6.45) is -2.48. The fourth-order valence-electron chi connectivity index (χ4n) is 4.34. The van der Waals surface area contributed by atoms with E-state index in [9.17, 15) is 13.2 Å². The zero-order chi connectivity index (χ0) is 25.2. The maximum atomic E-state index is 13.1. The fraction of sp³-hybridized carbons (Fsp3) is 0.0690. The molecule has 0 atom stereocenters. The van der Waals surface area contributed by atoms with Crippen molar-refractivity contribution in [1.29, 1.82) is 0 Å². The molecule has 0 bridgehead atoms. The number of oxazole rings is 1. The molecule has 0 amide bonds. The molecule has 180 valence electrons. The lowest BCUT2D eigenvalue weighted by Gasteiger charge is -2.25. The largest absolute Gasteiger partial charge is 0.425 e. The first kappa shape index (κ1) is 24.4. The van der Waals surface area contributed by atoms with E-state index in [0.717, 1.165) is 33.5 Å². The average molecular weight is 521 g/mol. The Labute approximate surface area is 212 Å². The summed E-state index contributed by atoms with van der Waals surface area (Å²) >= 11 is 1.45. The van der Waals surface area contributed by atoms with Crippen LogP contribution in [-0.2, 0) is 6.18 Å². The van der Waals surface area contributed by atoms with Gasteiger partial charge in [0.1, 0.15) is 15.9 Å². The summed E-state index contributed by atoms with van der Waals surface area (Å²) in [5, 5.41) is 4.00. The van der Waals surface area contributed by atoms with Crippen molar-refractivity contribution >= 4 is 40.4 Å². The van der Waals surface area contributed by atoms with Gasteiger partial charge in [-0.25, -0.2) is 0 Å². The van der Waals surface area contributed by atoms with Crippen LogP contribution in [0.1, 0.15) is 5.56 Å². The van der Waals surface area contributed by atoms with Crippen molar-refractivity contribution < 1.29 is 17.6 Å². The Balaban J connectivity index is 1.80. The zero-order valence-electron chi connectivity index (χ0n) is 19.3. The van der Waals surface area contributed by atoms with E-state index in [0.29, 0.717) is 16.5 Å². The SMILES string of the molecule is CSc1oc(-c2ccc(C(F)(F)F)cc2)nc1[P+](c1ccccc1)(c1ccccc1)c1ccccc1. The van der Waals surface area contributed by atoms with Gasteiger partial charge in [0.15, 0.2) is 7.26 Å². The molecule has 0 spiro atoms. The van der Waals surface area contributed by atoms with Gasteiger partial charge in [0, 0.05) is 5.56 Å². The van der Waals surface area contributed by atoms with Crippen molar-refractivity contribution in [1.82, 2.24) is 4.98 Å². The summed E-state index contributed by atoms with van der Waals surface area (Å²) in [6, 6.07) is 35.7. The van der Waals surface area contributed by atoms with Crippen LogP contribution >= 0.6 is 19.0 Å². The Bertz CT molecular complexity index is 1340. The Morgan fingerprint density at radius 2 is 1.11 bits per heavy atom. The molecule has 0 saturated heterocycles. The van der Waals surface area contributed by atoms with Crippen LogP contribution in [0.15, 0.2) is 125 Å². The zero-order valence-corrected chi connectivity index (χ0v) is 21.0. The second kappa shape index (κ2) is 9.96. The van der Waals surface area contributed by atoms with Gasteiger partial charge in [-0.3, -0.25) is 0 Å². The van der Waals surface area contributed by atoms with Crippen LogP contribution < -0.4 is 21.3 Å². The second-order valence-electron chi connectivity index (χ2n) is 8.09. The van der Waals surface area contributed by atoms with Crippen molar-refractivity contribution in [3.05, 3.63) is 121 Å². The third-order valence-corrected chi connectivity index (χ3v) is 10.9. The van der Waals surface area contributed by atoms with Crippen molar-refractivity contribution in [3.63, 3.8) is 0 Å². The van der Waals surface area contributed by atoms with Gasteiger partial charge in [-0.15, -0.1) is 0 Å². The van der Waals surface area contributed by atoms with E-state index in [1.807, 2.05) is 60.9 Å². The predicted octanol–water partition coefficient (Wildman–Crippen LogP) is 6.70. The molecule has 0 saturated carbocycles. The number of nitrogens with zero attached hydrogens (tertiary/aromatic N) is 1. The molecular formula is C29H22F3NOPS+. The van der Waals surface area contributed by atoms with Crippen molar-refractivity contribution in [2.45, 2.75) is 11.3 Å². The first-order chi connectivity index (χ1) is 17.4. The first-order valence-electron chi connectivity index (χ1n) is 11.2. The molecule has 0 radical (unpaired) electrons. The summed E-state index contributed by atoms with van der Waals surface area (Å²) < 4.78 is 45.6. The molecule has 0 aliphatic heterocycles. The van der Waals surface area contributed by atoms with E-state index in [-0.39, 0.29) is 0 Å². The van der Waals surface area contributed by atoms with Crippen LogP contribution in [0.3, 0.4) is 0 Å². The minimum atomic E-state index is -4.40. The molecule has 5 aromatic rings. The van der Waals surface area contributed by atoms with Crippen LogP contribution in [-0.4, -0.2) is 11.2 Å². The molecule has 4 aromatic carbocycles. The Kier molecular flexibility index (Phi) is 6.74. The number of hydrogen-bond acceptors (Lipinski definition) is 3. The van der Waals surface area contributed by atoms with Gasteiger partial charge in [-0.05, 0) is 66.9 Å². The first-order valence-corrected chi connectivity index (χ1v) is 14.2. The Morgan fingerprint density at radius 3 is 1.50 bits per heavy atom. The van der Waals surface area contributed by atoms with Crippen LogP contribution in [0, 0.1) is 0 Å². The number of benzene rings is 4. The van der Waals surface area contributed by atoms with Crippen LogP contribution in [0.2, 0.25) is 0 Å². The highest BCUT2D eigenvalue weighted by Gasteiger charge is 2.52. The monoisotopic (exact) mass is 520 g/mol. The highest BCUT2D eigenvalue weighted by molar-refractivity contribution is 8.04. The minimum Gasteiger partial charge on any atom is -0.425 e. The van der Waals surface area contributed by atoms with E-state index in [2.05, 4.69) is 36.4 Å². The molecule has 5 rings (SSSR count). The van der Waals surface area contributed by atoms with Gasteiger partial charge >= 0.3 is 6.18 Å². The summed E-state index contributed by atoms with van der Waals surface area (Å²) in [5.41, 5.74) is 0.591. The number of halogens is 3. The summed E-state index contributed by atoms with van der Waals surface area (Å²) in [6.45, 7) is 0. The van der Waals surface area contributed by atoms with E-state index < -0.39 is 19.0 Å². The molecular weight excluding hydrogens is 498 g/mol. The highest BCUT2D eigenvalue weighted by atomic mass is 32.2. The lowest BCUT2D eigenvalue weighted by molar-refractivity contribution is -0.137. The van der Waals surface area contributed by atoms with Crippen LogP contribution in [0.4, 0.5) is 13.2 Å². The average Bonchev–Trinajstić information content (AvgIpc) is 3.35. The normalized spacial score (nSPS) is 12.0. The smallest absolute Gasteiger partial charge is 0.416 e. The molecule has 2 nitrogen and oxygen atoms in total. The van der Waals surface area contributed by atoms with E-state index in [1.54, 1.807) is 0 Å². The molecule has 1 aromatic heterocycles. The fourth-order valence-corrected chi connectivity index (χ4v) is 9.46. The lowest BCUT2D eigenvalue weighted by Crippen LogP contribution is -2.39. The summed E-state index contributed by atoms with van der Waals surface area (Å²) in [4.78, 5) is 5.03. The molecule has 0 fully saturated rings. The number of rotatable bonds is 6. The van der Waals surface area contributed by atoms with Gasteiger partial charge in [-0.1, -0.05) is 66.4 Å². The maximum absolute atomic E-state index is 13.1. The van der Waals surface area contributed by atoms with Crippen molar-refractivity contribution in [2.75, 3.05) is 6.26 Å². The van der Waals surface area contributed by atoms with E-state index in [1.165, 1.54) is 23.9 Å². The van der Waals surface area contributed by atoms with Gasteiger partial charge < -0.3 is 4.42 Å². The number of alkyl halides is 3. The third kappa shape index (κ3) is 4.36. The quantitative estimate of drug-likeness (QED) is 0.184. The van der Waals surface area contributed by atoms with Gasteiger partial charge in [0.2, 0.25) is 11.0 Å². The highest BCUT2D eigenvalue weighted by Crippen LogP contribution is 2.56. The minimum absolute atomic E-state index is 0.301. The number of aromatic nitrogens is 1. The second-order valence-corrected chi connectivity index (χ2v) is 12.2. The van der Waals surface area contributed by atoms with Gasteiger partial charge in [-0.2, -0.15) is 18.2 Å². The number of thioether (sulfide) groups is 1. The Morgan fingerprint density at radius 1 is 0.667 bits per heavy atom. The molecule has 0 N–H and O–H groups in total. The predicted molar refractivity (Wildman–Crippen MR) is 144 cm³/mol. The molecule has 0 aliphatic rings. The maximum Gasteiger partial charge on any atom is 0.416 e. The van der Waals surface area contributed by atoms with Crippen molar-refractivity contribution in [2.24, 2.45) is 0 Å². The molecule has 36 heavy (non-hydrogen) atoms. The van der Waals surface area contributed by atoms with Gasteiger partial charge in [0.05, 0.1) is 5.56 Å². The van der Waals surface area contributed by atoms with Crippen LogP contribution in [0.25, 0.3) is 11.5 Å². The number of hydrogen-bond donors (Lipinski definition) is 0. The Hall–Kier alpha value is -3.34.